The van der Waals surface area contributed by atoms with E-state index in [9.17, 15) is 13.2 Å². The van der Waals surface area contributed by atoms with Crippen molar-refractivity contribution < 1.29 is 31.8 Å². The molecule has 5 heterocycles. The molecule has 3 aromatic heterocycles. The van der Waals surface area contributed by atoms with Gasteiger partial charge in [-0.15, -0.1) is 0 Å². The number of nitrogens with two attached hydrogens (primary N) is 2. The summed E-state index contributed by atoms with van der Waals surface area (Å²) in [7, 11) is 0. The highest BCUT2D eigenvalue weighted by Gasteiger charge is 2.45. The number of aryl methyl sites for hydroxylation is 1. The Balaban J connectivity index is 1.40. The molecule has 0 radical (unpaired) electrons. The molecular weight excluding hydrogens is 584 g/mol. The first-order chi connectivity index (χ1) is 20.9. The van der Waals surface area contributed by atoms with Gasteiger partial charge in [-0.25, -0.2) is 14.4 Å². The monoisotopic (exact) mass is 620 g/mol. The van der Waals surface area contributed by atoms with Gasteiger partial charge in [0.25, 0.3) is 0 Å². The number of fused-ring (bicyclic) bond motifs is 1. The molecule has 6 rings (SSSR count). The number of nitrogen functional groups attached to an aromatic ring is 2. The number of alkyl halides is 3. The minimum atomic E-state index is -4.87. The summed E-state index contributed by atoms with van der Waals surface area (Å²) in [5.74, 6) is -1.70. The van der Waals surface area contributed by atoms with Crippen molar-refractivity contribution in [2.45, 2.75) is 57.9 Å². The Hall–Kier alpha value is -3.56. The highest BCUT2D eigenvalue weighted by Crippen LogP contribution is 2.47. The van der Waals surface area contributed by atoms with Crippen LogP contribution in [0.2, 0.25) is 0 Å². The van der Waals surface area contributed by atoms with E-state index in [2.05, 4.69) is 30.2 Å². The standard InChI is InChI=1S/C29H36F4N8O3/c1-15(11-17-3-6-36-17)44-26-20-24(22(30)23(38-26)18-12-19(34)37-16(2)21(18)29(31,32)33)39-27(40-25(20)35)43-14-28(4-5-28)13-41-7-9-42-10-8-41/h12,15,17,36H,3-11,13-14H2,1-2H3,(H2,34,37)(H2,35,39,40). The maximum atomic E-state index is 16.4. The molecule has 3 fully saturated rings. The van der Waals surface area contributed by atoms with E-state index in [-0.39, 0.29) is 52.5 Å². The molecular formula is C29H36F4N8O3. The Morgan fingerprint density at radius 1 is 1.16 bits per heavy atom. The molecule has 2 aliphatic heterocycles. The number of hydrogen-bond donors (Lipinski definition) is 3. The number of halogens is 4. The molecule has 0 aromatic carbocycles. The van der Waals surface area contributed by atoms with E-state index in [4.69, 9.17) is 25.7 Å². The van der Waals surface area contributed by atoms with Crippen LogP contribution in [0.1, 0.15) is 43.9 Å². The first-order valence-electron chi connectivity index (χ1n) is 14.8. The third kappa shape index (κ3) is 6.31. The van der Waals surface area contributed by atoms with Crippen LogP contribution in [0.3, 0.4) is 0 Å². The lowest BCUT2D eigenvalue weighted by Gasteiger charge is -2.30. The molecule has 3 aromatic rings. The Morgan fingerprint density at radius 2 is 1.89 bits per heavy atom. The van der Waals surface area contributed by atoms with Crippen LogP contribution in [0, 0.1) is 18.2 Å². The van der Waals surface area contributed by atoms with Crippen molar-refractivity contribution in [1.82, 2.24) is 30.2 Å². The van der Waals surface area contributed by atoms with Gasteiger partial charge in [-0.1, -0.05) is 0 Å². The minimum Gasteiger partial charge on any atom is -0.474 e. The minimum absolute atomic E-state index is 0.0474. The van der Waals surface area contributed by atoms with Gasteiger partial charge in [0.05, 0.1) is 37.2 Å². The first kappa shape index (κ1) is 30.5. The quantitative estimate of drug-likeness (QED) is 0.285. The molecule has 238 valence electrons. The lowest BCUT2D eigenvalue weighted by Crippen LogP contribution is -2.45. The molecule has 0 amide bonds. The zero-order valence-electron chi connectivity index (χ0n) is 24.6. The maximum absolute atomic E-state index is 16.4. The van der Waals surface area contributed by atoms with E-state index < -0.39 is 40.6 Å². The molecule has 0 spiro atoms. The third-order valence-corrected chi connectivity index (χ3v) is 8.50. The van der Waals surface area contributed by atoms with E-state index in [1.54, 1.807) is 6.92 Å². The number of nitrogens with zero attached hydrogens (tertiary/aromatic N) is 5. The smallest absolute Gasteiger partial charge is 0.418 e. The van der Waals surface area contributed by atoms with Gasteiger partial charge in [-0.2, -0.15) is 23.1 Å². The highest BCUT2D eigenvalue weighted by molar-refractivity contribution is 5.95. The van der Waals surface area contributed by atoms with Gasteiger partial charge < -0.3 is 31.0 Å². The van der Waals surface area contributed by atoms with Crippen LogP contribution in [0.25, 0.3) is 22.2 Å². The highest BCUT2D eigenvalue weighted by atomic mass is 19.4. The fourth-order valence-electron chi connectivity index (χ4n) is 5.88. The number of hydrogen-bond acceptors (Lipinski definition) is 11. The van der Waals surface area contributed by atoms with Crippen LogP contribution in [-0.4, -0.2) is 83.0 Å². The van der Waals surface area contributed by atoms with Crippen molar-refractivity contribution in [2.75, 3.05) is 57.5 Å². The summed E-state index contributed by atoms with van der Waals surface area (Å²) in [5.41, 5.74) is 8.89. The number of rotatable bonds is 10. The Kier molecular flexibility index (Phi) is 8.13. The van der Waals surface area contributed by atoms with Crippen LogP contribution in [-0.2, 0) is 10.9 Å². The largest absolute Gasteiger partial charge is 0.474 e. The van der Waals surface area contributed by atoms with Gasteiger partial charge in [0.1, 0.15) is 28.2 Å². The van der Waals surface area contributed by atoms with E-state index in [0.29, 0.717) is 19.6 Å². The van der Waals surface area contributed by atoms with Gasteiger partial charge in [0.15, 0.2) is 5.82 Å². The van der Waals surface area contributed by atoms with Crippen LogP contribution >= 0.6 is 0 Å². The lowest BCUT2D eigenvalue weighted by atomic mass is 10.0. The molecule has 11 nitrogen and oxygen atoms in total. The molecule has 1 aliphatic carbocycles. The fourth-order valence-corrected chi connectivity index (χ4v) is 5.88. The number of ether oxygens (including phenoxy) is 3. The molecule has 3 aliphatic rings. The number of pyridine rings is 2. The molecule has 15 heteroatoms. The van der Waals surface area contributed by atoms with Crippen LogP contribution in [0.15, 0.2) is 6.07 Å². The molecule has 5 N–H and O–H groups in total. The fraction of sp³-hybridized carbons (Fsp3) is 0.586. The predicted octanol–water partition coefficient (Wildman–Crippen LogP) is 3.73. The summed E-state index contributed by atoms with van der Waals surface area (Å²) in [4.78, 5) is 18.9. The summed E-state index contributed by atoms with van der Waals surface area (Å²) in [6, 6.07) is 0.984. The molecule has 2 atom stereocenters. The lowest BCUT2D eigenvalue weighted by molar-refractivity contribution is -0.137. The molecule has 2 saturated heterocycles. The van der Waals surface area contributed by atoms with Gasteiger partial charge in [-0.3, -0.25) is 4.90 Å². The van der Waals surface area contributed by atoms with Crippen molar-refractivity contribution >= 4 is 22.5 Å². The van der Waals surface area contributed by atoms with E-state index >= 15 is 4.39 Å². The summed E-state index contributed by atoms with van der Waals surface area (Å²) < 4.78 is 76.6. The van der Waals surface area contributed by atoms with Crippen LogP contribution in [0.4, 0.5) is 29.2 Å². The van der Waals surface area contributed by atoms with Crippen molar-refractivity contribution in [3.05, 3.63) is 23.1 Å². The second-order valence-electron chi connectivity index (χ2n) is 12.0. The summed E-state index contributed by atoms with van der Waals surface area (Å²) in [5, 5.41) is 3.23. The Labute approximate surface area is 251 Å². The Morgan fingerprint density at radius 3 is 2.52 bits per heavy atom. The average Bonchev–Trinajstić information content (AvgIpc) is 3.69. The predicted molar refractivity (Wildman–Crippen MR) is 155 cm³/mol. The number of nitrogens with one attached hydrogen (secondary N) is 1. The number of anilines is 2. The second kappa shape index (κ2) is 11.7. The van der Waals surface area contributed by atoms with Crippen molar-refractivity contribution in [1.29, 1.82) is 0 Å². The summed E-state index contributed by atoms with van der Waals surface area (Å²) in [6.07, 6.45) is -1.85. The second-order valence-corrected chi connectivity index (χ2v) is 12.0. The Bertz CT molecular complexity index is 1540. The van der Waals surface area contributed by atoms with Gasteiger partial charge in [-0.05, 0) is 52.1 Å². The van der Waals surface area contributed by atoms with Gasteiger partial charge in [0.2, 0.25) is 5.88 Å². The van der Waals surface area contributed by atoms with Gasteiger partial charge in [0, 0.05) is 36.7 Å². The average molecular weight is 621 g/mol. The third-order valence-electron chi connectivity index (χ3n) is 8.50. The van der Waals surface area contributed by atoms with Crippen molar-refractivity contribution in [2.24, 2.45) is 5.41 Å². The first-order valence-corrected chi connectivity index (χ1v) is 14.8. The summed E-state index contributed by atoms with van der Waals surface area (Å²) in [6.45, 7) is 7.95. The maximum Gasteiger partial charge on any atom is 0.418 e. The van der Waals surface area contributed by atoms with E-state index in [1.807, 2.05) is 0 Å². The normalized spacial score (nSPS) is 20.7. The van der Waals surface area contributed by atoms with Gasteiger partial charge >= 0.3 is 12.2 Å². The topological polar surface area (TPSA) is 147 Å². The van der Waals surface area contributed by atoms with Crippen LogP contribution < -0.4 is 26.3 Å². The van der Waals surface area contributed by atoms with Crippen molar-refractivity contribution in [3.63, 3.8) is 0 Å². The zero-order valence-corrected chi connectivity index (χ0v) is 24.6. The molecule has 2 unspecified atom stereocenters. The number of aromatic nitrogens is 4. The van der Waals surface area contributed by atoms with E-state index in [0.717, 1.165) is 58.4 Å². The SMILES string of the molecule is Cc1nc(N)cc(-c2nc(OC(C)CC3CCN3)c3c(N)nc(OCC4(CN5CCOCC5)CC4)nc3c2F)c1C(F)(F)F. The van der Waals surface area contributed by atoms with Crippen molar-refractivity contribution in [3.8, 4) is 23.1 Å². The summed E-state index contributed by atoms with van der Waals surface area (Å²) >= 11 is 0. The zero-order chi connectivity index (χ0) is 31.2. The van der Waals surface area contributed by atoms with Crippen LogP contribution in [0.5, 0.6) is 11.9 Å². The van der Waals surface area contributed by atoms with E-state index in [1.165, 1.54) is 0 Å². The molecule has 0 bridgehead atoms. The molecule has 44 heavy (non-hydrogen) atoms. The molecule has 1 saturated carbocycles. The number of morpholine rings is 1.